The van der Waals surface area contributed by atoms with Gasteiger partial charge >= 0.3 is 0 Å². The van der Waals surface area contributed by atoms with Crippen molar-refractivity contribution >= 4 is 22.9 Å². The van der Waals surface area contributed by atoms with E-state index in [9.17, 15) is 4.39 Å². The fourth-order valence-corrected chi connectivity index (χ4v) is 2.37. The van der Waals surface area contributed by atoms with Gasteiger partial charge in [0.1, 0.15) is 5.65 Å². The first-order valence-corrected chi connectivity index (χ1v) is 6.65. The standard InChI is InChI=1S/C15H13ClFN3/c1-10-13(20-8-3-2-7-14(20)19-10)9-18-12-6-4-5-11(16)15(12)17/h2-8,18H,9H2,1H3. The first kappa shape index (κ1) is 12.9. The average Bonchev–Trinajstić information content (AvgIpc) is 2.76. The molecule has 3 nitrogen and oxygen atoms in total. The van der Waals surface area contributed by atoms with Crippen molar-refractivity contribution in [2.24, 2.45) is 0 Å². The van der Waals surface area contributed by atoms with Gasteiger partial charge in [0.05, 0.1) is 28.6 Å². The van der Waals surface area contributed by atoms with Crippen LogP contribution < -0.4 is 5.32 Å². The van der Waals surface area contributed by atoms with Crippen LogP contribution in [0.2, 0.25) is 5.02 Å². The van der Waals surface area contributed by atoms with Crippen LogP contribution in [-0.2, 0) is 6.54 Å². The monoisotopic (exact) mass is 289 g/mol. The number of rotatable bonds is 3. The van der Waals surface area contributed by atoms with Crippen molar-refractivity contribution in [2.45, 2.75) is 13.5 Å². The normalized spacial score (nSPS) is 10.9. The van der Waals surface area contributed by atoms with Gasteiger partial charge in [0, 0.05) is 6.20 Å². The quantitative estimate of drug-likeness (QED) is 0.788. The van der Waals surface area contributed by atoms with Gasteiger partial charge in [-0.3, -0.25) is 0 Å². The van der Waals surface area contributed by atoms with Gasteiger partial charge in [0.15, 0.2) is 5.82 Å². The minimum atomic E-state index is -0.430. The van der Waals surface area contributed by atoms with E-state index in [0.29, 0.717) is 12.2 Å². The van der Waals surface area contributed by atoms with E-state index in [1.54, 1.807) is 12.1 Å². The van der Waals surface area contributed by atoms with Crippen molar-refractivity contribution < 1.29 is 4.39 Å². The number of fused-ring (bicyclic) bond motifs is 1. The summed E-state index contributed by atoms with van der Waals surface area (Å²) < 4.78 is 15.8. The maximum Gasteiger partial charge on any atom is 0.164 e. The van der Waals surface area contributed by atoms with Gasteiger partial charge in [-0.05, 0) is 31.2 Å². The van der Waals surface area contributed by atoms with Crippen LogP contribution in [0.25, 0.3) is 5.65 Å². The van der Waals surface area contributed by atoms with Crippen LogP contribution in [0.5, 0.6) is 0 Å². The first-order chi connectivity index (χ1) is 9.66. The number of nitrogens with one attached hydrogen (secondary N) is 1. The molecule has 0 aliphatic carbocycles. The molecule has 0 fully saturated rings. The summed E-state index contributed by atoms with van der Waals surface area (Å²) in [4.78, 5) is 4.47. The second kappa shape index (κ2) is 5.13. The third-order valence-electron chi connectivity index (χ3n) is 3.23. The summed E-state index contributed by atoms with van der Waals surface area (Å²) in [5.74, 6) is -0.430. The second-order valence-corrected chi connectivity index (χ2v) is 4.93. The minimum Gasteiger partial charge on any atom is -0.377 e. The van der Waals surface area contributed by atoms with Crippen molar-refractivity contribution in [1.29, 1.82) is 0 Å². The molecule has 0 aliphatic heterocycles. The Bertz CT molecular complexity index is 767. The van der Waals surface area contributed by atoms with Gasteiger partial charge in [0.2, 0.25) is 0 Å². The summed E-state index contributed by atoms with van der Waals surface area (Å²) in [5, 5.41) is 3.18. The molecule has 102 valence electrons. The SMILES string of the molecule is Cc1nc2ccccn2c1CNc1cccc(Cl)c1F. The number of hydrogen-bond donors (Lipinski definition) is 1. The molecule has 2 heterocycles. The summed E-state index contributed by atoms with van der Waals surface area (Å²) in [6.07, 6.45) is 1.95. The van der Waals surface area contributed by atoms with Crippen molar-refractivity contribution in [3.63, 3.8) is 0 Å². The third-order valence-corrected chi connectivity index (χ3v) is 3.52. The minimum absolute atomic E-state index is 0.116. The van der Waals surface area contributed by atoms with E-state index in [4.69, 9.17) is 11.6 Å². The predicted molar refractivity (Wildman–Crippen MR) is 78.7 cm³/mol. The molecule has 0 atom stereocenters. The molecule has 1 aromatic carbocycles. The molecule has 0 aliphatic rings. The third kappa shape index (κ3) is 2.23. The van der Waals surface area contributed by atoms with Crippen molar-refractivity contribution in [3.05, 3.63) is 64.8 Å². The molecule has 0 unspecified atom stereocenters. The lowest BCUT2D eigenvalue weighted by atomic mass is 10.3. The van der Waals surface area contributed by atoms with Gasteiger partial charge in [-0.2, -0.15) is 0 Å². The van der Waals surface area contributed by atoms with Crippen LogP contribution in [0.3, 0.4) is 0 Å². The van der Waals surface area contributed by atoms with Crippen molar-refractivity contribution in [1.82, 2.24) is 9.38 Å². The van der Waals surface area contributed by atoms with E-state index >= 15 is 0 Å². The molecule has 2 aromatic heterocycles. The van der Waals surface area contributed by atoms with Crippen LogP contribution >= 0.6 is 11.6 Å². The second-order valence-electron chi connectivity index (χ2n) is 4.53. The number of nitrogens with zero attached hydrogens (tertiary/aromatic N) is 2. The predicted octanol–water partition coefficient (Wildman–Crippen LogP) is 4.05. The first-order valence-electron chi connectivity index (χ1n) is 6.27. The fourth-order valence-electron chi connectivity index (χ4n) is 2.20. The van der Waals surface area contributed by atoms with E-state index in [0.717, 1.165) is 17.0 Å². The summed E-state index contributed by atoms with van der Waals surface area (Å²) >= 11 is 5.77. The molecule has 20 heavy (non-hydrogen) atoms. The van der Waals surface area contributed by atoms with E-state index < -0.39 is 5.82 Å². The lowest BCUT2D eigenvalue weighted by molar-refractivity contribution is 0.630. The molecular weight excluding hydrogens is 277 g/mol. The number of aromatic nitrogens is 2. The zero-order valence-electron chi connectivity index (χ0n) is 10.9. The van der Waals surface area contributed by atoms with Crippen LogP contribution in [0.1, 0.15) is 11.4 Å². The number of benzene rings is 1. The molecule has 0 spiro atoms. The summed E-state index contributed by atoms with van der Waals surface area (Å²) in [6.45, 7) is 2.42. The summed E-state index contributed by atoms with van der Waals surface area (Å²) in [5.41, 5.74) is 3.20. The summed E-state index contributed by atoms with van der Waals surface area (Å²) in [6, 6.07) is 10.7. The Balaban J connectivity index is 1.90. The Morgan fingerprint density at radius 1 is 1.25 bits per heavy atom. The highest BCUT2D eigenvalue weighted by Gasteiger charge is 2.10. The largest absolute Gasteiger partial charge is 0.377 e. The molecule has 0 radical (unpaired) electrons. The van der Waals surface area contributed by atoms with Gasteiger partial charge in [-0.15, -0.1) is 0 Å². The molecule has 3 rings (SSSR count). The highest BCUT2D eigenvalue weighted by molar-refractivity contribution is 6.31. The Morgan fingerprint density at radius 3 is 2.95 bits per heavy atom. The highest BCUT2D eigenvalue weighted by atomic mass is 35.5. The lowest BCUT2D eigenvalue weighted by Crippen LogP contribution is -2.05. The Kier molecular flexibility index (Phi) is 3.32. The molecule has 5 heteroatoms. The lowest BCUT2D eigenvalue weighted by Gasteiger charge is -2.09. The number of imidazole rings is 1. The molecule has 1 N–H and O–H groups in total. The molecule has 0 amide bonds. The smallest absolute Gasteiger partial charge is 0.164 e. The molecular formula is C15H13ClFN3. The zero-order valence-corrected chi connectivity index (χ0v) is 11.7. The van der Waals surface area contributed by atoms with E-state index in [-0.39, 0.29) is 5.02 Å². The number of pyridine rings is 1. The maximum absolute atomic E-state index is 13.8. The topological polar surface area (TPSA) is 29.3 Å². The zero-order chi connectivity index (χ0) is 14.1. The average molecular weight is 290 g/mol. The van der Waals surface area contributed by atoms with E-state index in [2.05, 4.69) is 10.3 Å². The van der Waals surface area contributed by atoms with Crippen molar-refractivity contribution in [3.8, 4) is 0 Å². The maximum atomic E-state index is 13.8. The van der Waals surface area contributed by atoms with E-state index in [1.807, 2.05) is 35.7 Å². The molecule has 0 saturated carbocycles. The van der Waals surface area contributed by atoms with E-state index in [1.165, 1.54) is 6.07 Å². The Morgan fingerprint density at radius 2 is 2.10 bits per heavy atom. The highest BCUT2D eigenvalue weighted by Crippen LogP contribution is 2.23. The number of aryl methyl sites for hydroxylation is 1. The van der Waals surface area contributed by atoms with Gasteiger partial charge in [-0.25, -0.2) is 9.37 Å². The fraction of sp³-hybridized carbons (Fsp3) is 0.133. The van der Waals surface area contributed by atoms with Gasteiger partial charge in [-0.1, -0.05) is 23.7 Å². The number of anilines is 1. The summed E-state index contributed by atoms with van der Waals surface area (Å²) in [7, 11) is 0. The van der Waals surface area contributed by atoms with Crippen LogP contribution in [0, 0.1) is 12.7 Å². The molecule has 0 saturated heterocycles. The number of halogens is 2. The number of hydrogen-bond acceptors (Lipinski definition) is 2. The Labute approximate surface area is 121 Å². The van der Waals surface area contributed by atoms with Crippen molar-refractivity contribution in [2.75, 3.05) is 5.32 Å². The van der Waals surface area contributed by atoms with Crippen LogP contribution in [-0.4, -0.2) is 9.38 Å². The van der Waals surface area contributed by atoms with Crippen LogP contribution in [0.15, 0.2) is 42.6 Å². The Hall–Kier alpha value is -2.07. The van der Waals surface area contributed by atoms with Gasteiger partial charge in [0.25, 0.3) is 0 Å². The molecule has 3 aromatic rings. The molecule has 0 bridgehead atoms. The van der Waals surface area contributed by atoms with Crippen LogP contribution in [0.4, 0.5) is 10.1 Å². The van der Waals surface area contributed by atoms with Gasteiger partial charge < -0.3 is 9.72 Å².